The number of halogens is 3. The summed E-state index contributed by atoms with van der Waals surface area (Å²) >= 11 is 0. The monoisotopic (exact) mass is 208 g/mol. The lowest BCUT2D eigenvalue weighted by Crippen LogP contribution is -2.19. The van der Waals surface area contributed by atoms with Crippen molar-refractivity contribution in [2.75, 3.05) is 0 Å². The lowest BCUT2D eigenvalue weighted by atomic mass is 9.75. The van der Waals surface area contributed by atoms with Crippen LogP contribution >= 0.6 is 0 Å². The Balaban J connectivity index is 2.60. The van der Waals surface area contributed by atoms with Gasteiger partial charge in [-0.05, 0) is 18.0 Å². The largest absolute Gasteiger partial charge is 0.572 e. The predicted octanol–water partition coefficient (Wildman–Crippen LogP) is 1.14. The first-order chi connectivity index (χ1) is 6.38. The smallest absolute Gasteiger partial charge is 0.423 e. The fraction of sp³-hybridized carbons (Fsp3) is 0.429. The van der Waals surface area contributed by atoms with Gasteiger partial charge in [0.2, 0.25) is 0 Å². The third-order valence-corrected chi connectivity index (χ3v) is 1.72. The molecule has 0 bridgehead atoms. The Labute approximate surface area is 78.6 Å². The summed E-state index contributed by atoms with van der Waals surface area (Å²) in [5, 5.41) is 17.4. The third-order valence-electron chi connectivity index (χ3n) is 1.72. The molecule has 0 aromatic carbocycles. The van der Waals surface area contributed by atoms with Crippen LogP contribution in [0.2, 0.25) is 0 Å². The van der Waals surface area contributed by atoms with Gasteiger partial charge < -0.3 is 14.8 Å². The van der Waals surface area contributed by atoms with Crippen molar-refractivity contribution in [2.45, 2.75) is 19.2 Å². The highest BCUT2D eigenvalue weighted by molar-refractivity contribution is 6.50. The van der Waals surface area contributed by atoms with Crippen LogP contribution in [0.15, 0.2) is 23.4 Å². The van der Waals surface area contributed by atoms with E-state index in [2.05, 4.69) is 4.74 Å². The molecule has 14 heavy (non-hydrogen) atoms. The van der Waals surface area contributed by atoms with E-state index in [1.54, 1.807) is 0 Å². The summed E-state index contributed by atoms with van der Waals surface area (Å²) in [7, 11) is -1.61. The lowest BCUT2D eigenvalue weighted by molar-refractivity contribution is -0.306. The number of hydrogen-bond acceptors (Lipinski definition) is 3. The minimum absolute atomic E-state index is 0.0168. The van der Waals surface area contributed by atoms with Crippen LogP contribution in [0.4, 0.5) is 13.2 Å². The first kappa shape index (κ1) is 11.1. The second-order valence-electron chi connectivity index (χ2n) is 2.80. The van der Waals surface area contributed by atoms with E-state index >= 15 is 0 Å². The van der Waals surface area contributed by atoms with E-state index < -0.39 is 13.5 Å². The van der Waals surface area contributed by atoms with Crippen molar-refractivity contribution >= 4 is 7.12 Å². The van der Waals surface area contributed by atoms with Gasteiger partial charge in [-0.2, -0.15) is 0 Å². The molecule has 1 rings (SSSR count). The van der Waals surface area contributed by atoms with E-state index in [9.17, 15) is 13.2 Å². The van der Waals surface area contributed by atoms with Crippen molar-refractivity contribution in [3.8, 4) is 0 Å². The molecule has 0 radical (unpaired) electrons. The summed E-state index contributed by atoms with van der Waals surface area (Å²) in [4.78, 5) is 0. The van der Waals surface area contributed by atoms with Crippen molar-refractivity contribution in [1.82, 2.24) is 0 Å². The predicted molar refractivity (Wildman–Crippen MR) is 42.7 cm³/mol. The molecule has 78 valence electrons. The molecule has 0 atom stereocenters. The molecule has 0 fully saturated rings. The van der Waals surface area contributed by atoms with Gasteiger partial charge in [-0.15, -0.1) is 13.2 Å². The van der Waals surface area contributed by atoms with E-state index in [-0.39, 0.29) is 24.1 Å². The van der Waals surface area contributed by atoms with Gasteiger partial charge in [-0.3, -0.25) is 0 Å². The Morgan fingerprint density at radius 2 is 1.86 bits per heavy atom. The molecule has 0 saturated heterocycles. The maximum absolute atomic E-state index is 11.7. The fourth-order valence-electron chi connectivity index (χ4n) is 1.08. The molecule has 1 aliphatic rings. The molecule has 0 spiro atoms. The van der Waals surface area contributed by atoms with Crippen molar-refractivity contribution in [1.29, 1.82) is 0 Å². The summed E-state index contributed by atoms with van der Waals surface area (Å²) in [5.74, 6) is -0.220. The standard InChI is InChI=1S/C7H8BF3O3/c9-7(10,11)14-6-3-1-5(2-4-6)8(12)13/h1,3,12-13H,2,4H2. The number of rotatable bonds is 2. The van der Waals surface area contributed by atoms with Gasteiger partial charge in [0.15, 0.2) is 0 Å². The second-order valence-corrected chi connectivity index (χ2v) is 2.80. The molecule has 0 aromatic rings. The fourth-order valence-corrected chi connectivity index (χ4v) is 1.08. The average Bonchev–Trinajstić information content (AvgIpc) is 2.02. The Morgan fingerprint density at radius 3 is 2.21 bits per heavy atom. The molecule has 2 N–H and O–H groups in total. The second kappa shape index (κ2) is 4.06. The zero-order valence-electron chi connectivity index (χ0n) is 7.08. The van der Waals surface area contributed by atoms with Crippen molar-refractivity contribution in [2.24, 2.45) is 0 Å². The van der Waals surface area contributed by atoms with Crippen molar-refractivity contribution in [3.63, 3.8) is 0 Å². The first-order valence-electron chi connectivity index (χ1n) is 3.90. The third kappa shape index (κ3) is 3.43. The van der Waals surface area contributed by atoms with Gasteiger partial charge in [0.25, 0.3) is 0 Å². The van der Waals surface area contributed by atoms with Gasteiger partial charge in [-0.1, -0.05) is 6.08 Å². The molecular formula is C7H8BF3O3. The summed E-state index contributed by atoms with van der Waals surface area (Å²) < 4.78 is 38.8. The van der Waals surface area contributed by atoms with Gasteiger partial charge in [0.05, 0.1) is 0 Å². The van der Waals surface area contributed by atoms with Crippen LogP contribution in [-0.4, -0.2) is 23.5 Å². The highest BCUT2D eigenvalue weighted by atomic mass is 19.4. The Bertz CT molecular complexity index is 270. The summed E-state index contributed by atoms with van der Waals surface area (Å²) in [6.07, 6.45) is -2.21. The zero-order valence-corrected chi connectivity index (χ0v) is 7.08. The van der Waals surface area contributed by atoms with Crippen LogP contribution in [0, 0.1) is 0 Å². The van der Waals surface area contributed by atoms with Gasteiger partial charge in [0, 0.05) is 6.42 Å². The minimum atomic E-state index is -4.69. The van der Waals surface area contributed by atoms with Gasteiger partial charge >= 0.3 is 13.5 Å². The van der Waals surface area contributed by atoms with Crippen LogP contribution in [0.1, 0.15) is 12.8 Å². The van der Waals surface area contributed by atoms with Crippen molar-refractivity contribution < 1.29 is 28.0 Å². The molecule has 0 amide bonds. The number of hydrogen-bond donors (Lipinski definition) is 2. The summed E-state index contributed by atoms with van der Waals surface area (Å²) in [5.41, 5.74) is 0.277. The highest BCUT2D eigenvalue weighted by Gasteiger charge is 2.32. The van der Waals surface area contributed by atoms with Crippen LogP contribution < -0.4 is 0 Å². The van der Waals surface area contributed by atoms with E-state index in [1.165, 1.54) is 6.08 Å². The normalized spacial score (nSPS) is 17.2. The maximum Gasteiger partial charge on any atom is 0.572 e. The first-order valence-corrected chi connectivity index (χ1v) is 3.90. The molecule has 3 nitrogen and oxygen atoms in total. The molecule has 0 aromatic heterocycles. The minimum Gasteiger partial charge on any atom is -0.423 e. The lowest BCUT2D eigenvalue weighted by Gasteiger charge is -2.16. The zero-order chi connectivity index (χ0) is 10.8. The molecule has 0 aliphatic heterocycles. The highest BCUT2D eigenvalue weighted by Crippen LogP contribution is 2.27. The molecule has 7 heteroatoms. The Hall–Kier alpha value is -0.945. The molecule has 1 aliphatic carbocycles. The summed E-state index contributed by atoms with van der Waals surface area (Å²) in [6, 6.07) is 0. The van der Waals surface area contributed by atoms with Crippen LogP contribution in [0.5, 0.6) is 0 Å². The number of ether oxygens (including phenoxy) is 1. The van der Waals surface area contributed by atoms with E-state index in [0.29, 0.717) is 0 Å². The average molecular weight is 208 g/mol. The van der Waals surface area contributed by atoms with Crippen LogP contribution in [0.25, 0.3) is 0 Å². The molecule has 0 saturated carbocycles. The van der Waals surface area contributed by atoms with E-state index in [4.69, 9.17) is 10.0 Å². The molecular weight excluding hydrogens is 200 g/mol. The van der Waals surface area contributed by atoms with Gasteiger partial charge in [-0.25, -0.2) is 0 Å². The maximum atomic E-state index is 11.7. The van der Waals surface area contributed by atoms with E-state index in [0.717, 1.165) is 6.08 Å². The molecule has 0 heterocycles. The quantitative estimate of drug-likeness (QED) is 0.668. The summed E-state index contributed by atoms with van der Waals surface area (Å²) in [6.45, 7) is 0. The molecule has 0 unspecified atom stereocenters. The topological polar surface area (TPSA) is 49.7 Å². The number of allylic oxidation sites excluding steroid dienone is 4. The SMILES string of the molecule is OB(O)C1=CC=C(OC(F)(F)F)CC1. The number of alkyl halides is 3. The van der Waals surface area contributed by atoms with E-state index in [1.807, 2.05) is 0 Å². The van der Waals surface area contributed by atoms with Crippen LogP contribution in [-0.2, 0) is 4.74 Å². The van der Waals surface area contributed by atoms with Crippen LogP contribution in [0.3, 0.4) is 0 Å². The Kier molecular flexibility index (Phi) is 3.23. The van der Waals surface area contributed by atoms with Crippen molar-refractivity contribution in [3.05, 3.63) is 23.4 Å². The Morgan fingerprint density at radius 1 is 1.21 bits per heavy atom. The van der Waals surface area contributed by atoms with Gasteiger partial charge in [0.1, 0.15) is 5.76 Å².